The van der Waals surface area contributed by atoms with Crippen LogP contribution in [0.4, 0.5) is 0 Å². The molecule has 2 unspecified atom stereocenters. The van der Waals surface area contributed by atoms with Gasteiger partial charge in [0.2, 0.25) is 0 Å². The quantitative estimate of drug-likeness (QED) is 0.314. The van der Waals surface area contributed by atoms with E-state index in [1.807, 2.05) is 0 Å². The van der Waals surface area contributed by atoms with Gasteiger partial charge in [-0.05, 0) is 24.7 Å². The Morgan fingerprint density at radius 2 is 1.23 bits per heavy atom. The zero-order valence-corrected chi connectivity index (χ0v) is 16.5. The first-order valence-electron chi connectivity index (χ1n) is 8.60. The van der Waals surface area contributed by atoms with E-state index in [-0.39, 0.29) is 17.1 Å². The Hall–Kier alpha value is 0.629. The minimum absolute atomic E-state index is 0. The third-order valence-electron chi connectivity index (χ3n) is 4.03. The Morgan fingerprint density at radius 3 is 1.50 bits per heavy atom. The molecule has 0 aliphatic heterocycles. The molecule has 0 fully saturated rings. The van der Waals surface area contributed by atoms with E-state index in [0.29, 0.717) is 25.0 Å². The van der Waals surface area contributed by atoms with Gasteiger partial charge in [-0.1, -0.05) is 66.2 Å². The van der Waals surface area contributed by atoms with Crippen LogP contribution >= 0.6 is 7.82 Å². The van der Waals surface area contributed by atoms with Gasteiger partial charge in [0.05, 0.1) is 13.2 Å². The van der Waals surface area contributed by atoms with Crippen LogP contribution in [0.25, 0.3) is 0 Å². The minimum atomic E-state index is -3.89. The van der Waals surface area contributed by atoms with Crippen molar-refractivity contribution in [3.63, 3.8) is 0 Å². The third kappa shape index (κ3) is 13.1. The Labute approximate surface area is 147 Å². The fourth-order valence-electron chi connectivity index (χ4n) is 2.23. The van der Waals surface area contributed by atoms with Gasteiger partial charge >= 0.3 is 7.82 Å². The molecule has 0 heterocycles. The summed E-state index contributed by atoms with van der Waals surface area (Å²) in [6.45, 7) is 9.10. The van der Waals surface area contributed by atoms with Crippen molar-refractivity contribution in [1.82, 2.24) is 0 Å². The van der Waals surface area contributed by atoms with Gasteiger partial charge in [-0.3, -0.25) is 9.05 Å². The second-order valence-corrected chi connectivity index (χ2v) is 7.35. The molecule has 6 heteroatoms. The monoisotopic (exact) mass is 385 g/mol. The van der Waals surface area contributed by atoms with Crippen molar-refractivity contribution in [2.45, 2.75) is 79.1 Å². The smallest absolute Gasteiger partial charge is 0.302 e. The van der Waals surface area contributed by atoms with Crippen molar-refractivity contribution in [1.29, 1.82) is 0 Å². The molecule has 1 radical (unpaired) electrons. The SMILES string of the molecule is CCCCC(CC)COP(=O)(O)OCC(CC)CCCC.[Cu]. The van der Waals surface area contributed by atoms with Crippen LogP contribution in [0.3, 0.4) is 0 Å². The normalized spacial score (nSPS) is 16.6. The van der Waals surface area contributed by atoms with Crippen LogP contribution < -0.4 is 0 Å². The summed E-state index contributed by atoms with van der Waals surface area (Å²) in [7, 11) is -3.89. The van der Waals surface area contributed by atoms with Crippen molar-refractivity contribution in [3.05, 3.63) is 0 Å². The summed E-state index contributed by atoms with van der Waals surface area (Å²) in [5, 5.41) is 0. The predicted molar refractivity (Wildman–Crippen MR) is 88.3 cm³/mol. The molecule has 0 saturated carbocycles. The van der Waals surface area contributed by atoms with Gasteiger partial charge < -0.3 is 4.89 Å². The average molecular weight is 386 g/mol. The molecule has 0 rings (SSSR count). The van der Waals surface area contributed by atoms with Crippen LogP contribution in [0.5, 0.6) is 0 Å². The maximum Gasteiger partial charge on any atom is 0.472 e. The van der Waals surface area contributed by atoms with E-state index in [9.17, 15) is 9.46 Å². The molecule has 0 aromatic heterocycles. The molecule has 2 atom stereocenters. The van der Waals surface area contributed by atoms with E-state index in [4.69, 9.17) is 9.05 Å². The maximum absolute atomic E-state index is 11.9. The van der Waals surface area contributed by atoms with Crippen LogP contribution in [0.1, 0.15) is 79.1 Å². The first-order valence-corrected chi connectivity index (χ1v) is 10.1. The van der Waals surface area contributed by atoms with Crippen LogP contribution in [0.2, 0.25) is 0 Å². The summed E-state index contributed by atoms with van der Waals surface area (Å²) in [5.74, 6) is 0.687. The largest absolute Gasteiger partial charge is 0.472 e. The van der Waals surface area contributed by atoms with Crippen molar-refractivity contribution < 1.29 is 35.6 Å². The first-order chi connectivity index (χ1) is 9.99. The van der Waals surface area contributed by atoms with Crippen molar-refractivity contribution >= 4 is 7.82 Å². The number of hydrogen-bond donors (Lipinski definition) is 1. The van der Waals surface area contributed by atoms with Gasteiger partial charge in [0.15, 0.2) is 0 Å². The van der Waals surface area contributed by atoms with E-state index < -0.39 is 7.82 Å². The zero-order chi connectivity index (χ0) is 16.1. The van der Waals surface area contributed by atoms with Crippen LogP contribution in [-0.2, 0) is 30.7 Å². The molecule has 0 aromatic carbocycles. The van der Waals surface area contributed by atoms with Gasteiger partial charge in [0.1, 0.15) is 0 Å². The molecule has 4 nitrogen and oxygen atoms in total. The predicted octanol–water partition coefficient (Wildman–Crippen LogP) is 5.55. The average Bonchev–Trinajstić information content (AvgIpc) is 2.47. The molecule has 0 aliphatic carbocycles. The summed E-state index contributed by atoms with van der Waals surface area (Å²) < 4.78 is 22.2. The Morgan fingerprint density at radius 1 is 0.864 bits per heavy atom. The number of phosphoric acid groups is 1. The van der Waals surface area contributed by atoms with Gasteiger partial charge in [0, 0.05) is 17.1 Å². The molecule has 0 bridgehead atoms. The Balaban J connectivity index is 0. The van der Waals surface area contributed by atoms with E-state index in [1.165, 1.54) is 0 Å². The summed E-state index contributed by atoms with van der Waals surface area (Å²) in [4.78, 5) is 9.77. The fourth-order valence-corrected chi connectivity index (χ4v) is 3.11. The van der Waals surface area contributed by atoms with Crippen LogP contribution in [0, 0.1) is 11.8 Å². The van der Waals surface area contributed by atoms with Gasteiger partial charge in [-0.15, -0.1) is 0 Å². The van der Waals surface area contributed by atoms with E-state index in [2.05, 4.69) is 27.7 Å². The zero-order valence-electron chi connectivity index (χ0n) is 14.6. The van der Waals surface area contributed by atoms with Crippen molar-refractivity contribution in [2.24, 2.45) is 11.8 Å². The molecule has 0 spiro atoms. The van der Waals surface area contributed by atoms with Crippen LogP contribution in [0.15, 0.2) is 0 Å². The molecule has 1 N–H and O–H groups in total. The van der Waals surface area contributed by atoms with E-state index in [0.717, 1.165) is 51.4 Å². The second-order valence-electron chi connectivity index (χ2n) is 5.89. The maximum atomic E-state index is 11.9. The molecule has 22 heavy (non-hydrogen) atoms. The summed E-state index contributed by atoms with van der Waals surface area (Å²) in [6, 6.07) is 0. The van der Waals surface area contributed by atoms with Gasteiger partial charge in [-0.2, -0.15) is 0 Å². The number of rotatable bonds is 14. The molecular formula is C16H35CuO4P. The Bertz CT molecular complexity index is 265. The minimum Gasteiger partial charge on any atom is -0.302 e. The second kappa shape index (κ2) is 15.2. The molecule has 139 valence electrons. The summed E-state index contributed by atoms with van der Waals surface area (Å²) in [6.07, 6.45) is 8.56. The number of unbranched alkanes of at least 4 members (excludes halogenated alkanes) is 2. The van der Waals surface area contributed by atoms with E-state index in [1.54, 1.807) is 0 Å². The van der Waals surface area contributed by atoms with E-state index >= 15 is 0 Å². The number of phosphoric ester groups is 1. The van der Waals surface area contributed by atoms with Gasteiger partial charge in [-0.25, -0.2) is 4.57 Å². The van der Waals surface area contributed by atoms with Gasteiger partial charge in [0.25, 0.3) is 0 Å². The molecule has 0 aromatic rings. The molecule has 0 amide bonds. The molecule has 0 saturated heterocycles. The van der Waals surface area contributed by atoms with Crippen molar-refractivity contribution in [2.75, 3.05) is 13.2 Å². The summed E-state index contributed by atoms with van der Waals surface area (Å²) >= 11 is 0. The Kier molecular flexibility index (Phi) is 17.2. The molecular weight excluding hydrogens is 351 g/mol. The number of hydrogen-bond acceptors (Lipinski definition) is 3. The fraction of sp³-hybridized carbons (Fsp3) is 1.00. The molecule has 0 aliphatic rings. The summed E-state index contributed by atoms with van der Waals surface area (Å²) in [5.41, 5.74) is 0. The first kappa shape index (κ1) is 24.9. The van der Waals surface area contributed by atoms with Crippen molar-refractivity contribution in [3.8, 4) is 0 Å². The van der Waals surface area contributed by atoms with Crippen LogP contribution in [-0.4, -0.2) is 18.1 Å². The standard InChI is InChI=1S/C16H35O4P.Cu/c1-5-9-11-15(7-3)13-19-21(17,18)20-14-16(8-4)12-10-6-2;/h15-16H,5-14H2,1-4H3,(H,17,18);. The third-order valence-corrected chi connectivity index (χ3v) is 4.98. The topological polar surface area (TPSA) is 55.8 Å².